The van der Waals surface area contributed by atoms with Gasteiger partial charge < -0.3 is 9.84 Å². The Hall–Kier alpha value is -2.37. The van der Waals surface area contributed by atoms with Crippen molar-refractivity contribution in [1.29, 1.82) is 0 Å². The topological polar surface area (TPSA) is 84.6 Å². The minimum absolute atomic E-state index is 0.165. The number of aliphatic hydroxyl groups excluding tert-OH is 1. The molecule has 0 heterocycles. The number of carbonyl (C=O) groups is 1. The van der Waals surface area contributed by atoms with Gasteiger partial charge in [-0.25, -0.2) is 5.84 Å². The third-order valence-corrected chi connectivity index (χ3v) is 2.87. The van der Waals surface area contributed by atoms with Crippen LogP contribution in [0.4, 0.5) is 0 Å². The van der Waals surface area contributed by atoms with E-state index in [0.717, 1.165) is 0 Å². The van der Waals surface area contributed by atoms with Crippen LogP contribution in [0.2, 0.25) is 0 Å². The summed E-state index contributed by atoms with van der Waals surface area (Å²) < 4.78 is 5.72. The van der Waals surface area contributed by atoms with E-state index in [0.29, 0.717) is 16.9 Å². The highest BCUT2D eigenvalue weighted by Crippen LogP contribution is 2.25. The monoisotopic (exact) mass is 272 g/mol. The molecule has 1 unspecified atom stereocenters. The number of nitrogens with one attached hydrogen (secondary N) is 1. The van der Waals surface area contributed by atoms with Gasteiger partial charge in [0.1, 0.15) is 5.75 Å². The first-order valence-corrected chi connectivity index (χ1v) is 6.17. The van der Waals surface area contributed by atoms with Crippen LogP contribution in [0.5, 0.6) is 5.75 Å². The minimum atomic E-state index is -0.867. The number of carbonyl (C=O) groups excluding carboxylic acids is 1. The van der Waals surface area contributed by atoms with Crippen LogP contribution < -0.4 is 16.0 Å². The van der Waals surface area contributed by atoms with Crippen LogP contribution in [0.25, 0.3) is 0 Å². The molecule has 104 valence electrons. The number of ether oxygens (including phenoxy) is 1. The minimum Gasteiger partial charge on any atom is -0.475 e. The van der Waals surface area contributed by atoms with Crippen LogP contribution in [0.3, 0.4) is 0 Å². The number of hydrogen-bond donors (Lipinski definition) is 3. The van der Waals surface area contributed by atoms with Crippen molar-refractivity contribution in [3.8, 4) is 5.75 Å². The Morgan fingerprint density at radius 2 is 1.80 bits per heavy atom. The first-order valence-electron chi connectivity index (χ1n) is 6.17. The molecule has 0 fully saturated rings. The number of benzene rings is 2. The van der Waals surface area contributed by atoms with Gasteiger partial charge in [0.15, 0.2) is 0 Å². The molecule has 20 heavy (non-hydrogen) atoms. The second-order valence-electron chi connectivity index (χ2n) is 4.18. The predicted molar refractivity (Wildman–Crippen MR) is 74.5 cm³/mol. The Kier molecular flexibility index (Phi) is 4.70. The normalized spacial score (nSPS) is 11.7. The Bertz CT molecular complexity index is 572. The van der Waals surface area contributed by atoms with E-state index in [-0.39, 0.29) is 6.61 Å². The smallest absolute Gasteiger partial charge is 0.279 e. The van der Waals surface area contributed by atoms with Crippen molar-refractivity contribution >= 4 is 5.91 Å². The molecule has 2 rings (SSSR count). The molecule has 0 aromatic heterocycles. The summed E-state index contributed by atoms with van der Waals surface area (Å²) in [5, 5.41) is 9.29. The van der Waals surface area contributed by atoms with Gasteiger partial charge >= 0.3 is 0 Å². The van der Waals surface area contributed by atoms with Crippen LogP contribution in [-0.2, 0) is 11.4 Å². The summed E-state index contributed by atoms with van der Waals surface area (Å²) in [6.45, 7) is -0.165. The summed E-state index contributed by atoms with van der Waals surface area (Å²) in [4.78, 5) is 11.9. The lowest BCUT2D eigenvalue weighted by Crippen LogP contribution is -2.37. The third-order valence-electron chi connectivity index (χ3n) is 2.87. The fraction of sp³-hybridized carbons (Fsp3) is 0.133. The van der Waals surface area contributed by atoms with Crippen LogP contribution in [0, 0.1) is 0 Å². The second-order valence-corrected chi connectivity index (χ2v) is 4.18. The van der Waals surface area contributed by atoms with E-state index >= 15 is 0 Å². The Morgan fingerprint density at radius 1 is 1.15 bits per heavy atom. The lowest BCUT2D eigenvalue weighted by Gasteiger charge is -2.19. The number of aliphatic hydroxyl groups is 1. The quantitative estimate of drug-likeness (QED) is 0.435. The summed E-state index contributed by atoms with van der Waals surface area (Å²) in [5.74, 6) is 5.20. The van der Waals surface area contributed by atoms with Crippen molar-refractivity contribution in [2.45, 2.75) is 12.7 Å². The van der Waals surface area contributed by atoms with Gasteiger partial charge in [0.2, 0.25) is 6.10 Å². The number of amides is 1. The summed E-state index contributed by atoms with van der Waals surface area (Å²) in [7, 11) is 0. The van der Waals surface area contributed by atoms with Gasteiger partial charge in [-0.1, -0.05) is 48.5 Å². The average molecular weight is 272 g/mol. The molecule has 2 aromatic rings. The molecule has 0 saturated heterocycles. The van der Waals surface area contributed by atoms with Gasteiger partial charge in [-0.2, -0.15) is 0 Å². The van der Waals surface area contributed by atoms with E-state index < -0.39 is 12.0 Å². The molecule has 0 aliphatic carbocycles. The maximum Gasteiger partial charge on any atom is 0.279 e. The molecule has 0 spiro atoms. The lowest BCUT2D eigenvalue weighted by atomic mass is 10.1. The van der Waals surface area contributed by atoms with E-state index in [4.69, 9.17) is 10.6 Å². The predicted octanol–water partition coefficient (Wildman–Crippen LogP) is 1.29. The van der Waals surface area contributed by atoms with E-state index in [1.54, 1.807) is 36.4 Å². The molecule has 0 radical (unpaired) electrons. The zero-order chi connectivity index (χ0) is 14.4. The molecule has 0 bridgehead atoms. The van der Waals surface area contributed by atoms with E-state index in [2.05, 4.69) is 5.43 Å². The van der Waals surface area contributed by atoms with Gasteiger partial charge in [0, 0.05) is 11.1 Å². The number of nitrogens with two attached hydrogens (primary N) is 1. The van der Waals surface area contributed by atoms with Gasteiger partial charge in [-0.3, -0.25) is 10.2 Å². The van der Waals surface area contributed by atoms with E-state index in [1.165, 1.54) is 0 Å². The van der Waals surface area contributed by atoms with Crippen molar-refractivity contribution in [1.82, 2.24) is 5.43 Å². The largest absolute Gasteiger partial charge is 0.475 e. The molecule has 5 nitrogen and oxygen atoms in total. The maximum atomic E-state index is 11.9. The summed E-state index contributed by atoms with van der Waals surface area (Å²) in [6, 6.07) is 16.0. The average Bonchev–Trinajstić information content (AvgIpc) is 2.53. The van der Waals surface area contributed by atoms with Crippen LogP contribution in [0.1, 0.15) is 17.2 Å². The Labute approximate surface area is 117 Å². The van der Waals surface area contributed by atoms with Gasteiger partial charge in [-0.15, -0.1) is 0 Å². The van der Waals surface area contributed by atoms with Crippen LogP contribution in [0.15, 0.2) is 54.6 Å². The fourth-order valence-corrected chi connectivity index (χ4v) is 1.85. The highest BCUT2D eigenvalue weighted by Gasteiger charge is 2.22. The molecule has 4 N–H and O–H groups in total. The third kappa shape index (κ3) is 3.14. The van der Waals surface area contributed by atoms with Gasteiger partial charge in [0.25, 0.3) is 5.91 Å². The van der Waals surface area contributed by atoms with Gasteiger partial charge in [-0.05, 0) is 6.07 Å². The number of para-hydroxylation sites is 1. The molecular weight excluding hydrogens is 256 g/mol. The van der Waals surface area contributed by atoms with Crippen LogP contribution >= 0.6 is 0 Å². The summed E-state index contributed by atoms with van der Waals surface area (Å²) in [6.07, 6.45) is -0.867. The molecule has 1 atom stereocenters. The summed E-state index contributed by atoms with van der Waals surface area (Å²) in [5.41, 5.74) is 3.39. The molecule has 1 amide bonds. The molecule has 5 heteroatoms. The number of hydrogen-bond acceptors (Lipinski definition) is 4. The van der Waals surface area contributed by atoms with Crippen molar-refractivity contribution in [2.24, 2.45) is 5.84 Å². The molecule has 2 aromatic carbocycles. The van der Waals surface area contributed by atoms with Crippen molar-refractivity contribution in [3.63, 3.8) is 0 Å². The first kappa shape index (κ1) is 14.0. The van der Waals surface area contributed by atoms with E-state index in [9.17, 15) is 9.90 Å². The maximum absolute atomic E-state index is 11.9. The lowest BCUT2D eigenvalue weighted by molar-refractivity contribution is -0.128. The number of rotatable bonds is 5. The zero-order valence-electron chi connectivity index (χ0n) is 10.8. The zero-order valence-corrected chi connectivity index (χ0v) is 10.8. The number of hydrazine groups is 1. The molecule has 0 saturated carbocycles. The highest BCUT2D eigenvalue weighted by atomic mass is 16.5. The Balaban J connectivity index is 2.31. The SMILES string of the molecule is NNC(=O)C(Oc1ccccc1CO)c1ccccc1. The van der Waals surface area contributed by atoms with Crippen LogP contribution in [-0.4, -0.2) is 11.0 Å². The highest BCUT2D eigenvalue weighted by molar-refractivity contribution is 5.82. The van der Waals surface area contributed by atoms with Gasteiger partial charge in [0.05, 0.1) is 6.61 Å². The first-order chi connectivity index (χ1) is 9.76. The van der Waals surface area contributed by atoms with Crippen molar-refractivity contribution in [2.75, 3.05) is 0 Å². The van der Waals surface area contributed by atoms with Crippen molar-refractivity contribution < 1.29 is 14.6 Å². The fourth-order valence-electron chi connectivity index (χ4n) is 1.85. The van der Waals surface area contributed by atoms with Crippen molar-refractivity contribution in [3.05, 3.63) is 65.7 Å². The molecular formula is C15H16N2O3. The molecule has 0 aliphatic heterocycles. The molecule has 0 aliphatic rings. The Morgan fingerprint density at radius 3 is 2.45 bits per heavy atom. The second kappa shape index (κ2) is 6.70. The standard InChI is InChI=1S/C15H16N2O3/c16-17-15(19)14(11-6-2-1-3-7-11)20-13-9-5-4-8-12(13)10-18/h1-9,14,18H,10,16H2,(H,17,19). The van der Waals surface area contributed by atoms with E-state index in [1.807, 2.05) is 18.2 Å². The summed E-state index contributed by atoms with van der Waals surface area (Å²) >= 11 is 0.